The summed E-state index contributed by atoms with van der Waals surface area (Å²) in [6.45, 7) is 5.64. The molecule has 0 saturated heterocycles. The topological polar surface area (TPSA) is 82.6 Å². The first kappa shape index (κ1) is 24.9. The molecule has 1 aromatic carbocycles. The van der Waals surface area contributed by atoms with Crippen LogP contribution in [0.1, 0.15) is 17.4 Å². The number of thiophene rings is 1. The van der Waals surface area contributed by atoms with Gasteiger partial charge in [-0.25, -0.2) is 13.1 Å². The monoisotopic (exact) mass is 536 g/mol. The minimum absolute atomic E-state index is 0. The first-order chi connectivity index (χ1) is 12.9. The Morgan fingerprint density at radius 1 is 1.14 bits per heavy atom. The van der Waals surface area contributed by atoms with Crippen LogP contribution in [0, 0.1) is 12.8 Å². The zero-order chi connectivity index (χ0) is 19.7. The average Bonchev–Trinajstić information content (AvgIpc) is 3.14. The number of nitrogens with zero attached hydrogens (tertiary/aromatic N) is 1. The summed E-state index contributed by atoms with van der Waals surface area (Å²) in [5.41, 5.74) is 1.03. The highest BCUT2D eigenvalue weighted by molar-refractivity contribution is 14.0. The molecule has 156 valence electrons. The Kier molecular flexibility index (Phi) is 11.0. The molecule has 2 aromatic rings. The summed E-state index contributed by atoms with van der Waals surface area (Å²) in [7, 11) is -1.78. The van der Waals surface area contributed by atoms with Crippen LogP contribution < -0.4 is 15.4 Å². The zero-order valence-corrected chi connectivity index (χ0v) is 20.4. The molecule has 0 radical (unpaired) electrons. The fourth-order valence-electron chi connectivity index (χ4n) is 2.50. The van der Waals surface area contributed by atoms with Gasteiger partial charge in [0.1, 0.15) is 0 Å². The van der Waals surface area contributed by atoms with Crippen LogP contribution in [0.5, 0.6) is 0 Å². The van der Waals surface area contributed by atoms with Gasteiger partial charge >= 0.3 is 0 Å². The summed E-state index contributed by atoms with van der Waals surface area (Å²) >= 11 is 1.77. The van der Waals surface area contributed by atoms with Crippen molar-refractivity contribution in [1.82, 2.24) is 15.4 Å². The molecule has 1 heterocycles. The van der Waals surface area contributed by atoms with Crippen LogP contribution in [0.2, 0.25) is 0 Å². The molecule has 1 aromatic heterocycles. The van der Waals surface area contributed by atoms with E-state index in [4.69, 9.17) is 0 Å². The number of aliphatic imine (C=N–C) groups is 1. The van der Waals surface area contributed by atoms with Crippen molar-refractivity contribution in [1.29, 1.82) is 0 Å². The molecule has 2 rings (SSSR count). The molecule has 3 N–H and O–H groups in total. The molecule has 0 saturated carbocycles. The van der Waals surface area contributed by atoms with Crippen LogP contribution >= 0.6 is 35.3 Å². The predicted octanol–water partition coefficient (Wildman–Crippen LogP) is 3.00. The van der Waals surface area contributed by atoms with Crippen molar-refractivity contribution in [2.45, 2.75) is 25.2 Å². The van der Waals surface area contributed by atoms with Crippen molar-refractivity contribution in [3.8, 4) is 0 Å². The third-order valence-electron chi connectivity index (χ3n) is 4.01. The molecule has 0 spiro atoms. The summed E-state index contributed by atoms with van der Waals surface area (Å²) in [6, 6.07) is 11.0. The summed E-state index contributed by atoms with van der Waals surface area (Å²) in [5.74, 6) is 1.14. The van der Waals surface area contributed by atoms with Crippen LogP contribution in [0.15, 0.2) is 51.7 Å². The Morgan fingerprint density at radius 2 is 1.86 bits per heavy atom. The van der Waals surface area contributed by atoms with Crippen molar-refractivity contribution < 1.29 is 8.42 Å². The molecule has 1 unspecified atom stereocenters. The van der Waals surface area contributed by atoms with Gasteiger partial charge in [-0.3, -0.25) is 4.99 Å². The van der Waals surface area contributed by atoms with Crippen molar-refractivity contribution in [3.05, 3.63) is 52.2 Å². The lowest BCUT2D eigenvalue weighted by Gasteiger charge is -2.16. The highest BCUT2D eigenvalue weighted by Gasteiger charge is 2.12. The lowest BCUT2D eigenvalue weighted by Crippen LogP contribution is -2.43. The van der Waals surface area contributed by atoms with Gasteiger partial charge in [-0.2, -0.15) is 0 Å². The first-order valence-electron chi connectivity index (χ1n) is 8.94. The second kappa shape index (κ2) is 12.4. The molecule has 0 aliphatic heterocycles. The van der Waals surface area contributed by atoms with E-state index in [1.54, 1.807) is 42.6 Å². The highest BCUT2D eigenvalue weighted by atomic mass is 127. The second-order valence-corrected chi connectivity index (χ2v) is 9.28. The van der Waals surface area contributed by atoms with E-state index in [1.165, 1.54) is 4.88 Å². The number of sulfonamides is 1. The number of benzene rings is 1. The van der Waals surface area contributed by atoms with Gasteiger partial charge in [-0.05, 0) is 42.8 Å². The van der Waals surface area contributed by atoms with Gasteiger partial charge in [0.25, 0.3) is 0 Å². The molecule has 0 fully saturated rings. The summed E-state index contributed by atoms with van der Waals surface area (Å²) in [4.78, 5) is 5.83. The molecular weight excluding hydrogens is 507 g/mol. The van der Waals surface area contributed by atoms with E-state index in [2.05, 4.69) is 44.8 Å². The third-order valence-corrected chi connectivity index (χ3v) is 6.39. The highest BCUT2D eigenvalue weighted by Crippen LogP contribution is 2.13. The van der Waals surface area contributed by atoms with E-state index >= 15 is 0 Å². The maximum Gasteiger partial charge on any atom is 0.240 e. The van der Waals surface area contributed by atoms with E-state index in [0.717, 1.165) is 18.5 Å². The second-order valence-electron chi connectivity index (χ2n) is 6.48. The molecule has 6 nitrogen and oxygen atoms in total. The predicted molar refractivity (Wildman–Crippen MR) is 128 cm³/mol. The molecular formula is C19H29IN4O2S2. The minimum atomic E-state index is -3.49. The molecule has 0 amide bonds. The Labute approximate surface area is 189 Å². The van der Waals surface area contributed by atoms with Gasteiger partial charge in [0.05, 0.1) is 4.90 Å². The Hall–Kier alpha value is -1.17. The lowest BCUT2D eigenvalue weighted by molar-refractivity contribution is 0.561. The summed E-state index contributed by atoms with van der Waals surface area (Å²) in [5, 5.41) is 8.51. The van der Waals surface area contributed by atoms with Gasteiger partial charge in [0.15, 0.2) is 5.96 Å². The maximum absolute atomic E-state index is 12.2. The lowest BCUT2D eigenvalue weighted by atomic mass is 10.1. The van der Waals surface area contributed by atoms with Crippen LogP contribution in [-0.4, -0.2) is 41.1 Å². The molecule has 9 heteroatoms. The van der Waals surface area contributed by atoms with E-state index in [1.807, 2.05) is 6.92 Å². The van der Waals surface area contributed by atoms with E-state index in [9.17, 15) is 8.42 Å². The van der Waals surface area contributed by atoms with E-state index in [0.29, 0.717) is 18.4 Å². The number of halogens is 1. The van der Waals surface area contributed by atoms with Crippen molar-refractivity contribution >= 4 is 51.3 Å². The quantitative estimate of drug-likeness (QED) is 0.199. The standard InChI is InChI=1S/C19H28N4O2S2.HI/c1-15-6-8-18(9-7-15)27(24,25)23-11-10-21-19(20-3)22-14-16(2)13-17-5-4-12-26-17;/h4-9,12,16,23H,10-11,13-14H2,1-3H3,(H2,20,21,22);1H. The summed E-state index contributed by atoms with van der Waals surface area (Å²) in [6.07, 6.45) is 1.03. The number of hydrogen-bond donors (Lipinski definition) is 3. The fraction of sp³-hybridized carbons (Fsp3) is 0.421. The zero-order valence-electron chi connectivity index (χ0n) is 16.4. The maximum atomic E-state index is 12.2. The fourth-order valence-corrected chi connectivity index (χ4v) is 4.40. The van der Waals surface area contributed by atoms with Gasteiger partial charge in [-0.15, -0.1) is 35.3 Å². The van der Waals surface area contributed by atoms with Crippen molar-refractivity contribution in [2.75, 3.05) is 26.7 Å². The number of aryl methyl sites for hydroxylation is 1. The first-order valence-corrected chi connectivity index (χ1v) is 11.3. The number of nitrogens with one attached hydrogen (secondary N) is 3. The number of rotatable bonds is 9. The van der Waals surface area contributed by atoms with Crippen LogP contribution in [-0.2, 0) is 16.4 Å². The van der Waals surface area contributed by atoms with Crippen LogP contribution in [0.4, 0.5) is 0 Å². The Morgan fingerprint density at radius 3 is 2.46 bits per heavy atom. The third kappa shape index (κ3) is 8.46. The van der Waals surface area contributed by atoms with E-state index < -0.39 is 10.0 Å². The normalized spacial score (nSPS) is 12.9. The van der Waals surface area contributed by atoms with Gasteiger partial charge in [-0.1, -0.05) is 30.7 Å². The van der Waals surface area contributed by atoms with Crippen molar-refractivity contribution in [3.63, 3.8) is 0 Å². The van der Waals surface area contributed by atoms with Crippen molar-refractivity contribution in [2.24, 2.45) is 10.9 Å². The van der Waals surface area contributed by atoms with E-state index in [-0.39, 0.29) is 35.4 Å². The Balaban J connectivity index is 0.00000392. The smallest absolute Gasteiger partial charge is 0.240 e. The largest absolute Gasteiger partial charge is 0.356 e. The Bertz CT molecular complexity index is 822. The molecule has 0 aliphatic rings. The van der Waals surface area contributed by atoms with Gasteiger partial charge in [0.2, 0.25) is 10.0 Å². The van der Waals surface area contributed by atoms with Crippen LogP contribution in [0.3, 0.4) is 0 Å². The van der Waals surface area contributed by atoms with Crippen LogP contribution in [0.25, 0.3) is 0 Å². The van der Waals surface area contributed by atoms with Gasteiger partial charge < -0.3 is 10.6 Å². The molecule has 1 atom stereocenters. The summed E-state index contributed by atoms with van der Waals surface area (Å²) < 4.78 is 27.1. The SMILES string of the molecule is CN=C(NCCNS(=O)(=O)c1ccc(C)cc1)NCC(C)Cc1cccs1.I. The number of guanidine groups is 1. The van der Waals surface area contributed by atoms with Gasteiger partial charge in [0, 0.05) is 31.6 Å². The molecule has 0 bridgehead atoms. The minimum Gasteiger partial charge on any atom is -0.356 e. The average molecular weight is 537 g/mol. The molecule has 0 aliphatic carbocycles. The molecule has 28 heavy (non-hydrogen) atoms. The number of hydrogen-bond acceptors (Lipinski definition) is 4.